The van der Waals surface area contributed by atoms with Gasteiger partial charge in [0.2, 0.25) is 0 Å². The minimum absolute atomic E-state index is 0.350. The first-order valence-electron chi connectivity index (χ1n) is 7.20. The van der Waals surface area contributed by atoms with E-state index in [1.807, 2.05) is 0 Å². The van der Waals surface area contributed by atoms with Crippen molar-refractivity contribution in [3.63, 3.8) is 0 Å². The van der Waals surface area contributed by atoms with Gasteiger partial charge >= 0.3 is 0 Å². The zero-order valence-electron chi connectivity index (χ0n) is 11.8. The van der Waals surface area contributed by atoms with Gasteiger partial charge in [0.1, 0.15) is 0 Å². The van der Waals surface area contributed by atoms with Gasteiger partial charge in [-0.2, -0.15) is 0 Å². The van der Waals surface area contributed by atoms with E-state index >= 15 is 0 Å². The van der Waals surface area contributed by atoms with E-state index in [-0.39, 0.29) is 0 Å². The van der Waals surface area contributed by atoms with Crippen LogP contribution in [0, 0.1) is 6.92 Å². The predicted molar refractivity (Wildman–Crippen MR) is 93.7 cm³/mol. The molecule has 0 fully saturated rings. The summed E-state index contributed by atoms with van der Waals surface area (Å²) < 4.78 is 1.22. The Morgan fingerprint density at radius 3 is 2.57 bits per heavy atom. The van der Waals surface area contributed by atoms with Gasteiger partial charge in [0.25, 0.3) is 0 Å². The molecule has 4 rings (SSSR count). The molecule has 1 atom stereocenters. The number of halogens is 1. The molecule has 0 aliphatic heterocycles. The van der Waals surface area contributed by atoms with Gasteiger partial charge in [-0.05, 0) is 50.5 Å². The average molecular weight is 335 g/mol. The van der Waals surface area contributed by atoms with E-state index in [2.05, 4.69) is 89.6 Å². The second-order valence-corrected chi connectivity index (χ2v) is 6.40. The summed E-state index contributed by atoms with van der Waals surface area (Å²) in [5.74, 6) is 0.350. The molecule has 1 heteroatoms. The Morgan fingerprint density at radius 2 is 1.67 bits per heavy atom. The third-order valence-corrected chi connectivity index (χ3v) is 5.36. The van der Waals surface area contributed by atoms with E-state index in [4.69, 9.17) is 0 Å². The number of rotatable bonds is 1. The Hall–Kier alpha value is -1.86. The molecule has 102 valence electrons. The van der Waals surface area contributed by atoms with E-state index in [1.165, 1.54) is 37.5 Å². The van der Waals surface area contributed by atoms with Crippen molar-refractivity contribution in [2.75, 3.05) is 0 Å². The van der Waals surface area contributed by atoms with E-state index < -0.39 is 0 Å². The maximum Gasteiger partial charge on any atom is 0.0286 e. The minimum atomic E-state index is 0.350. The summed E-state index contributed by atoms with van der Waals surface area (Å²) in [5.41, 5.74) is 5.40. The molecule has 0 radical (unpaired) electrons. The molecule has 3 aromatic rings. The second kappa shape index (κ2) is 4.85. The smallest absolute Gasteiger partial charge is 0.0286 e. The van der Waals surface area contributed by atoms with Gasteiger partial charge < -0.3 is 0 Å². The van der Waals surface area contributed by atoms with Gasteiger partial charge in [-0.15, -0.1) is 0 Å². The van der Waals surface area contributed by atoms with Crippen LogP contribution in [0.1, 0.15) is 28.2 Å². The summed E-state index contributed by atoms with van der Waals surface area (Å²) >= 11 is 3.79. The van der Waals surface area contributed by atoms with E-state index in [9.17, 15) is 0 Å². The Morgan fingerprint density at radius 1 is 0.857 bits per heavy atom. The molecule has 0 spiro atoms. The Kier molecular flexibility index (Phi) is 2.97. The molecule has 0 N–H and O–H groups in total. The molecule has 1 aliphatic rings. The molecule has 1 unspecified atom stereocenters. The minimum Gasteiger partial charge on any atom is -0.0720 e. The third-order valence-electron chi connectivity index (χ3n) is 4.34. The zero-order chi connectivity index (χ0) is 14.4. The van der Waals surface area contributed by atoms with Crippen LogP contribution in [-0.4, -0.2) is 0 Å². The van der Waals surface area contributed by atoms with Crippen LogP contribution >= 0.6 is 15.9 Å². The number of aryl methyl sites for hydroxylation is 1. The lowest BCUT2D eigenvalue weighted by atomic mass is 9.89. The number of hydrogen-bond acceptors (Lipinski definition) is 0. The molecule has 0 saturated heterocycles. The lowest BCUT2D eigenvalue weighted by molar-refractivity contribution is 1.06. The average Bonchev–Trinajstić information content (AvgIpc) is 2.94. The highest BCUT2D eigenvalue weighted by Gasteiger charge is 2.21. The molecule has 0 nitrogen and oxygen atoms in total. The standard InChI is InChI=1S/C20H15Br/c1-13-9-10-15-6-4-8-18(19(15)20(13)21)17-12-11-14-5-2-3-7-16(14)17/h2-12,17H,1H3. The van der Waals surface area contributed by atoms with Crippen LogP contribution in [0.3, 0.4) is 0 Å². The predicted octanol–water partition coefficient (Wildman–Crippen LogP) is 6.07. The fraction of sp³-hybridized carbons (Fsp3) is 0.100. The Bertz CT molecular complexity index is 874. The highest BCUT2D eigenvalue weighted by atomic mass is 79.9. The largest absolute Gasteiger partial charge is 0.0720 e. The molecule has 0 bridgehead atoms. The van der Waals surface area contributed by atoms with Crippen LogP contribution in [0.4, 0.5) is 0 Å². The third kappa shape index (κ3) is 1.96. The van der Waals surface area contributed by atoms with E-state index in [0.717, 1.165) is 0 Å². The number of benzene rings is 3. The SMILES string of the molecule is Cc1ccc2cccc(C3C=Cc4ccccc43)c2c1Br. The summed E-state index contributed by atoms with van der Waals surface area (Å²) in [4.78, 5) is 0. The van der Waals surface area contributed by atoms with Crippen molar-refractivity contribution < 1.29 is 0 Å². The molecule has 1 aliphatic carbocycles. The molecule has 0 aromatic heterocycles. The number of allylic oxidation sites excluding steroid dienone is 1. The van der Waals surface area contributed by atoms with Gasteiger partial charge in [-0.3, -0.25) is 0 Å². The van der Waals surface area contributed by atoms with Gasteiger partial charge in [-0.1, -0.05) is 66.7 Å². The lowest BCUT2D eigenvalue weighted by Gasteiger charge is -2.16. The van der Waals surface area contributed by atoms with Gasteiger partial charge in [0.15, 0.2) is 0 Å². The molecule has 0 saturated carbocycles. The molecule has 3 aromatic carbocycles. The zero-order valence-corrected chi connectivity index (χ0v) is 13.4. The van der Waals surface area contributed by atoms with Crippen molar-refractivity contribution in [2.24, 2.45) is 0 Å². The molecular weight excluding hydrogens is 320 g/mol. The molecule has 21 heavy (non-hydrogen) atoms. The Balaban J connectivity index is 2.01. The highest BCUT2D eigenvalue weighted by Crippen LogP contribution is 2.41. The quantitative estimate of drug-likeness (QED) is 0.506. The maximum absolute atomic E-state index is 3.79. The second-order valence-electron chi connectivity index (χ2n) is 5.61. The summed E-state index contributed by atoms with van der Waals surface area (Å²) in [6, 6.07) is 19.7. The topological polar surface area (TPSA) is 0 Å². The van der Waals surface area contributed by atoms with E-state index in [0.29, 0.717) is 5.92 Å². The first-order chi connectivity index (χ1) is 10.3. The van der Waals surface area contributed by atoms with Crippen LogP contribution in [0.5, 0.6) is 0 Å². The van der Waals surface area contributed by atoms with Crippen LogP contribution in [0.25, 0.3) is 16.8 Å². The van der Waals surface area contributed by atoms with Crippen LogP contribution in [-0.2, 0) is 0 Å². The van der Waals surface area contributed by atoms with Crippen LogP contribution < -0.4 is 0 Å². The maximum atomic E-state index is 3.79. The summed E-state index contributed by atoms with van der Waals surface area (Å²) in [6.07, 6.45) is 4.55. The molecular formula is C20H15Br. The van der Waals surface area contributed by atoms with Gasteiger partial charge in [0.05, 0.1) is 0 Å². The van der Waals surface area contributed by atoms with Crippen LogP contribution in [0.2, 0.25) is 0 Å². The number of fused-ring (bicyclic) bond motifs is 2. The van der Waals surface area contributed by atoms with E-state index in [1.54, 1.807) is 0 Å². The van der Waals surface area contributed by atoms with Gasteiger partial charge in [0, 0.05) is 15.8 Å². The first kappa shape index (κ1) is 12.8. The lowest BCUT2D eigenvalue weighted by Crippen LogP contribution is -1.98. The number of hydrogen-bond donors (Lipinski definition) is 0. The van der Waals surface area contributed by atoms with Crippen molar-refractivity contribution in [1.29, 1.82) is 0 Å². The monoisotopic (exact) mass is 334 g/mol. The summed E-state index contributed by atoms with van der Waals surface area (Å²) in [5, 5.41) is 2.63. The molecule has 0 heterocycles. The molecule has 0 amide bonds. The van der Waals surface area contributed by atoms with Crippen molar-refractivity contribution in [3.8, 4) is 0 Å². The fourth-order valence-corrected chi connectivity index (χ4v) is 3.84. The van der Waals surface area contributed by atoms with Crippen LogP contribution in [0.15, 0.2) is 65.1 Å². The van der Waals surface area contributed by atoms with Crippen molar-refractivity contribution in [3.05, 3.63) is 87.4 Å². The normalized spacial score (nSPS) is 16.4. The summed E-state index contributed by atoms with van der Waals surface area (Å²) in [6.45, 7) is 2.15. The fourth-order valence-electron chi connectivity index (χ4n) is 3.25. The van der Waals surface area contributed by atoms with Crippen molar-refractivity contribution in [2.45, 2.75) is 12.8 Å². The highest BCUT2D eigenvalue weighted by molar-refractivity contribution is 9.10. The van der Waals surface area contributed by atoms with Crippen molar-refractivity contribution >= 4 is 32.8 Å². The van der Waals surface area contributed by atoms with Crippen molar-refractivity contribution in [1.82, 2.24) is 0 Å². The summed E-state index contributed by atoms with van der Waals surface area (Å²) in [7, 11) is 0. The first-order valence-corrected chi connectivity index (χ1v) is 8.00. The Labute approximate surface area is 133 Å². The van der Waals surface area contributed by atoms with Gasteiger partial charge in [-0.25, -0.2) is 0 Å².